The second-order valence-electron chi connectivity index (χ2n) is 4.47. The lowest BCUT2D eigenvalue weighted by Gasteiger charge is -2.29. The average Bonchev–Trinajstić information content (AvgIpc) is 2.01. The average molecular weight is 242 g/mol. The first-order chi connectivity index (χ1) is 6.21. The smallest absolute Gasteiger partial charge is 0.212 e. The minimum atomic E-state index is -3.18. The molecule has 0 aliphatic carbocycles. The molecule has 0 aromatic rings. The van der Waals surface area contributed by atoms with E-state index in [1.807, 2.05) is 13.8 Å². The first-order valence-electron chi connectivity index (χ1n) is 4.74. The molecule has 0 fully saturated rings. The zero-order valence-electron chi connectivity index (χ0n) is 9.30. The summed E-state index contributed by atoms with van der Waals surface area (Å²) in [6.45, 7) is 8.71. The minimum Gasteiger partial charge on any atom is -0.215 e. The summed E-state index contributed by atoms with van der Waals surface area (Å²) in [7, 11) is -3.18. The highest BCUT2D eigenvalue weighted by molar-refractivity contribution is 7.89. The maximum Gasteiger partial charge on any atom is 0.212 e. The van der Waals surface area contributed by atoms with Crippen LogP contribution in [0, 0.1) is 11.3 Å². The summed E-state index contributed by atoms with van der Waals surface area (Å²) in [6, 6.07) is 0. The van der Waals surface area contributed by atoms with Gasteiger partial charge in [0.05, 0.1) is 5.75 Å². The number of sulfonamides is 1. The number of hydrogen-bond acceptors (Lipinski definition) is 2. The molecular weight excluding hydrogens is 222 g/mol. The van der Waals surface area contributed by atoms with Gasteiger partial charge in [0.2, 0.25) is 10.0 Å². The molecular formula is C9H20ClNO2S. The molecule has 0 aliphatic heterocycles. The zero-order chi connectivity index (χ0) is 11.4. The predicted molar refractivity (Wildman–Crippen MR) is 61.1 cm³/mol. The highest BCUT2D eigenvalue weighted by Crippen LogP contribution is 2.24. The number of halogens is 1. The molecule has 86 valence electrons. The maximum absolute atomic E-state index is 11.3. The third-order valence-corrected chi connectivity index (χ3v) is 4.40. The molecule has 0 saturated carbocycles. The van der Waals surface area contributed by atoms with Gasteiger partial charge < -0.3 is 0 Å². The summed E-state index contributed by atoms with van der Waals surface area (Å²) in [4.78, 5) is 0. The normalized spacial score (nSPS) is 13.6. The fourth-order valence-electron chi connectivity index (χ4n) is 0.674. The molecule has 14 heavy (non-hydrogen) atoms. The van der Waals surface area contributed by atoms with Crippen LogP contribution < -0.4 is 4.72 Å². The van der Waals surface area contributed by atoms with E-state index >= 15 is 0 Å². The van der Waals surface area contributed by atoms with Gasteiger partial charge in [-0.05, 0) is 11.3 Å². The van der Waals surface area contributed by atoms with Gasteiger partial charge in [0, 0.05) is 12.4 Å². The summed E-state index contributed by atoms with van der Waals surface area (Å²) in [5.41, 5.74) is -0.0284. The summed E-state index contributed by atoms with van der Waals surface area (Å²) in [5.74, 6) is 0.557. The molecule has 1 N–H and O–H groups in total. The van der Waals surface area contributed by atoms with Crippen molar-refractivity contribution < 1.29 is 8.42 Å². The van der Waals surface area contributed by atoms with Crippen LogP contribution in [0.15, 0.2) is 0 Å². The molecule has 3 nitrogen and oxygen atoms in total. The zero-order valence-corrected chi connectivity index (χ0v) is 10.9. The van der Waals surface area contributed by atoms with Crippen LogP contribution in [0.2, 0.25) is 0 Å². The second kappa shape index (κ2) is 5.33. The van der Waals surface area contributed by atoms with E-state index in [1.165, 1.54) is 0 Å². The lowest BCUT2D eigenvalue weighted by molar-refractivity contribution is 0.252. The van der Waals surface area contributed by atoms with E-state index in [2.05, 4.69) is 18.6 Å². The van der Waals surface area contributed by atoms with Gasteiger partial charge in [-0.2, -0.15) is 0 Å². The Hall–Kier alpha value is 0.200. The molecule has 0 spiro atoms. The van der Waals surface area contributed by atoms with Gasteiger partial charge in [-0.15, -0.1) is 11.6 Å². The van der Waals surface area contributed by atoms with Gasteiger partial charge in [0.25, 0.3) is 0 Å². The van der Waals surface area contributed by atoms with Crippen molar-refractivity contribution in [1.82, 2.24) is 4.72 Å². The Kier molecular flexibility index (Phi) is 5.41. The highest BCUT2D eigenvalue weighted by atomic mass is 35.5. The van der Waals surface area contributed by atoms with Crippen molar-refractivity contribution in [2.75, 3.05) is 18.2 Å². The van der Waals surface area contributed by atoms with Crippen molar-refractivity contribution >= 4 is 21.6 Å². The number of hydrogen-bond donors (Lipinski definition) is 1. The Bertz CT molecular complexity index is 260. The molecule has 0 saturated heterocycles. The molecule has 0 rings (SSSR count). The van der Waals surface area contributed by atoms with Crippen molar-refractivity contribution in [2.24, 2.45) is 11.3 Å². The predicted octanol–water partition coefficient (Wildman–Crippen LogP) is 1.83. The lowest BCUT2D eigenvalue weighted by atomic mass is 9.81. The van der Waals surface area contributed by atoms with Gasteiger partial charge >= 0.3 is 0 Å². The molecule has 0 bridgehead atoms. The number of rotatable bonds is 6. The highest BCUT2D eigenvalue weighted by Gasteiger charge is 2.24. The fourth-order valence-corrected chi connectivity index (χ4v) is 2.22. The fraction of sp³-hybridized carbons (Fsp3) is 1.00. The van der Waals surface area contributed by atoms with E-state index in [4.69, 9.17) is 11.6 Å². The molecule has 0 atom stereocenters. The third-order valence-electron chi connectivity index (χ3n) is 2.66. The molecule has 0 amide bonds. The maximum atomic E-state index is 11.3. The molecule has 0 aromatic carbocycles. The number of alkyl halides is 1. The topological polar surface area (TPSA) is 46.2 Å². The quantitative estimate of drug-likeness (QED) is 0.722. The Labute approximate surface area is 92.3 Å². The van der Waals surface area contributed by atoms with Crippen LogP contribution in [0.5, 0.6) is 0 Å². The molecule has 0 unspecified atom stereocenters. The number of nitrogens with one attached hydrogen (secondary N) is 1. The van der Waals surface area contributed by atoms with E-state index < -0.39 is 10.0 Å². The molecule has 0 aromatic heterocycles. The van der Waals surface area contributed by atoms with Gasteiger partial charge in [-0.25, -0.2) is 13.1 Å². The summed E-state index contributed by atoms with van der Waals surface area (Å²) in [5, 5.41) is 0. The minimum absolute atomic E-state index is 0.0112. The van der Waals surface area contributed by atoms with Gasteiger partial charge in [-0.1, -0.05) is 27.7 Å². The summed E-state index contributed by atoms with van der Waals surface area (Å²) >= 11 is 5.38. The van der Waals surface area contributed by atoms with Crippen LogP contribution in [0.1, 0.15) is 27.7 Å². The van der Waals surface area contributed by atoms with Crippen LogP contribution in [0.25, 0.3) is 0 Å². The molecule has 0 radical (unpaired) electrons. The van der Waals surface area contributed by atoms with E-state index in [-0.39, 0.29) is 17.0 Å². The second-order valence-corrected chi connectivity index (χ2v) is 6.78. The van der Waals surface area contributed by atoms with Gasteiger partial charge in [-0.3, -0.25) is 0 Å². The van der Waals surface area contributed by atoms with Gasteiger partial charge in [0.1, 0.15) is 0 Å². The third kappa shape index (κ3) is 5.17. The molecule has 0 aliphatic rings. The van der Waals surface area contributed by atoms with E-state index in [0.717, 1.165) is 0 Å². The molecule has 0 heterocycles. The van der Waals surface area contributed by atoms with Crippen molar-refractivity contribution in [1.29, 1.82) is 0 Å². The first kappa shape index (κ1) is 14.2. The van der Waals surface area contributed by atoms with Crippen molar-refractivity contribution in [3.05, 3.63) is 0 Å². The van der Waals surface area contributed by atoms with Crippen LogP contribution in [0.3, 0.4) is 0 Å². The Morgan fingerprint density at radius 3 is 2.21 bits per heavy atom. The van der Waals surface area contributed by atoms with Crippen LogP contribution >= 0.6 is 11.6 Å². The summed E-state index contributed by atoms with van der Waals surface area (Å²) < 4.78 is 25.2. The summed E-state index contributed by atoms with van der Waals surface area (Å²) in [6.07, 6.45) is 0. The van der Waals surface area contributed by atoms with Crippen molar-refractivity contribution in [3.63, 3.8) is 0 Å². The van der Waals surface area contributed by atoms with Crippen molar-refractivity contribution in [2.45, 2.75) is 27.7 Å². The van der Waals surface area contributed by atoms with E-state index in [9.17, 15) is 8.42 Å². The van der Waals surface area contributed by atoms with Crippen LogP contribution in [0.4, 0.5) is 0 Å². The van der Waals surface area contributed by atoms with Crippen LogP contribution in [-0.4, -0.2) is 26.6 Å². The Balaban J connectivity index is 4.19. The van der Waals surface area contributed by atoms with Crippen LogP contribution in [-0.2, 0) is 10.0 Å². The van der Waals surface area contributed by atoms with Crippen molar-refractivity contribution in [3.8, 4) is 0 Å². The van der Waals surface area contributed by atoms with E-state index in [0.29, 0.717) is 12.5 Å². The van der Waals surface area contributed by atoms with Gasteiger partial charge in [0.15, 0.2) is 0 Å². The SMILES string of the molecule is CC(C)C(C)(C)CNS(=O)(=O)CCCl. The molecule has 5 heteroatoms. The lowest BCUT2D eigenvalue weighted by Crippen LogP contribution is -2.38. The monoisotopic (exact) mass is 241 g/mol. The first-order valence-corrected chi connectivity index (χ1v) is 6.93. The van der Waals surface area contributed by atoms with E-state index in [1.54, 1.807) is 0 Å². The Morgan fingerprint density at radius 1 is 1.36 bits per heavy atom. The standard InChI is InChI=1S/C9H20ClNO2S/c1-8(2)9(3,4)7-11-14(12,13)6-5-10/h8,11H,5-7H2,1-4H3. The Morgan fingerprint density at radius 2 is 1.86 bits per heavy atom. The largest absolute Gasteiger partial charge is 0.215 e.